The Kier molecular flexibility index (Phi) is 5.53. The summed E-state index contributed by atoms with van der Waals surface area (Å²) in [4.78, 5) is 33.5. The van der Waals surface area contributed by atoms with Crippen LogP contribution in [0.5, 0.6) is 0 Å². The fourth-order valence-electron chi connectivity index (χ4n) is 1.61. The van der Waals surface area contributed by atoms with Crippen LogP contribution in [-0.4, -0.2) is 36.4 Å². The van der Waals surface area contributed by atoms with Crippen LogP contribution in [0.25, 0.3) is 0 Å². The molecule has 0 saturated heterocycles. The first kappa shape index (κ1) is 16.3. The molecule has 5 N–H and O–H groups in total. The van der Waals surface area contributed by atoms with Crippen molar-refractivity contribution in [3.8, 4) is 0 Å². The van der Waals surface area contributed by atoms with Crippen LogP contribution < -0.4 is 16.4 Å². The molecule has 0 fully saturated rings. The number of nitrogens with one attached hydrogen (secondary N) is 2. The zero-order valence-electron chi connectivity index (χ0n) is 11.5. The minimum Gasteiger partial charge on any atom is -0.479 e. The number of aliphatic carboxylic acids is 1. The molecule has 8 nitrogen and oxygen atoms in total. The first-order chi connectivity index (χ1) is 9.86. The minimum absolute atomic E-state index is 0.0132. The molecule has 0 saturated carbocycles. The van der Waals surface area contributed by atoms with Gasteiger partial charge in [0.25, 0.3) is 0 Å². The summed E-state index contributed by atoms with van der Waals surface area (Å²) in [6.45, 7) is 1.29. The van der Waals surface area contributed by atoms with Gasteiger partial charge in [-0.3, -0.25) is 0 Å². The Bertz CT molecular complexity index is 520. The summed E-state index contributed by atoms with van der Waals surface area (Å²) >= 11 is 0. The summed E-state index contributed by atoms with van der Waals surface area (Å²) < 4.78 is 4.43. The molecule has 0 bridgehead atoms. The molecule has 0 aliphatic heterocycles. The number of carbonyl (C=O) groups excluding carboxylic acids is 2. The Labute approximate surface area is 121 Å². The number of nitrogens with two attached hydrogens (primary N) is 1. The maximum atomic E-state index is 11.7. The Morgan fingerprint density at radius 2 is 1.90 bits per heavy atom. The second-order valence-electron chi connectivity index (χ2n) is 4.34. The number of hydrogen-bond donors (Lipinski definition) is 4. The molecule has 1 rings (SSSR count). The maximum absolute atomic E-state index is 11.7. The van der Waals surface area contributed by atoms with E-state index in [9.17, 15) is 19.5 Å². The molecule has 114 valence electrons. The van der Waals surface area contributed by atoms with E-state index in [-0.39, 0.29) is 13.2 Å². The zero-order valence-corrected chi connectivity index (χ0v) is 11.5. The van der Waals surface area contributed by atoms with Crippen molar-refractivity contribution in [1.82, 2.24) is 10.6 Å². The van der Waals surface area contributed by atoms with Gasteiger partial charge < -0.3 is 26.2 Å². The highest BCUT2D eigenvalue weighted by atomic mass is 16.5. The Balaban J connectivity index is 2.65. The average molecular weight is 295 g/mol. The topological polar surface area (TPSA) is 131 Å². The summed E-state index contributed by atoms with van der Waals surface area (Å²) in [5.41, 5.74) is 3.62. The van der Waals surface area contributed by atoms with Crippen molar-refractivity contribution in [3.63, 3.8) is 0 Å². The lowest BCUT2D eigenvalue weighted by Gasteiger charge is -2.26. The van der Waals surface area contributed by atoms with Crippen LogP contribution in [0.15, 0.2) is 30.3 Å². The van der Waals surface area contributed by atoms with Gasteiger partial charge in [0.05, 0.1) is 6.54 Å². The summed E-state index contributed by atoms with van der Waals surface area (Å²) in [6.07, 6.45) is -0.947. The number of hydrogen-bond acceptors (Lipinski definition) is 4. The first-order valence-electron chi connectivity index (χ1n) is 6.13. The second kappa shape index (κ2) is 7.13. The van der Waals surface area contributed by atoms with E-state index in [4.69, 9.17) is 5.73 Å². The highest BCUT2D eigenvalue weighted by Gasteiger charge is 2.36. The van der Waals surface area contributed by atoms with Gasteiger partial charge in [-0.15, -0.1) is 0 Å². The Morgan fingerprint density at radius 1 is 1.29 bits per heavy atom. The average Bonchev–Trinajstić information content (AvgIpc) is 2.44. The van der Waals surface area contributed by atoms with Gasteiger partial charge in [0.1, 0.15) is 6.61 Å². The predicted molar refractivity (Wildman–Crippen MR) is 73.5 cm³/mol. The van der Waals surface area contributed by atoms with Crippen molar-refractivity contribution < 1.29 is 24.2 Å². The quantitative estimate of drug-likeness (QED) is 0.563. The van der Waals surface area contributed by atoms with Gasteiger partial charge in [-0.2, -0.15) is 0 Å². The molecule has 1 aromatic rings. The zero-order chi connectivity index (χ0) is 15.9. The van der Waals surface area contributed by atoms with Crippen LogP contribution in [0, 0.1) is 0 Å². The standard InChI is InChI=1S/C13H17N3O5/c1-13(10(17)18,9-5-3-2-4-6-9)16-12(20)15-7-8-21-11(14)19/h2-6H,7-8H2,1H3,(H2,14,19)(H,17,18)(H2,15,16,20). The molecule has 0 radical (unpaired) electrons. The van der Waals surface area contributed by atoms with E-state index >= 15 is 0 Å². The molecule has 1 aromatic carbocycles. The molecule has 21 heavy (non-hydrogen) atoms. The van der Waals surface area contributed by atoms with Crippen molar-refractivity contribution in [2.45, 2.75) is 12.5 Å². The van der Waals surface area contributed by atoms with Crippen molar-refractivity contribution in [2.24, 2.45) is 5.73 Å². The van der Waals surface area contributed by atoms with E-state index in [1.165, 1.54) is 6.92 Å². The lowest BCUT2D eigenvalue weighted by Crippen LogP contribution is -2.53. The smallest absolute Gasteiger partial charge is 0.404 e. The highest BCUT2D eigenvalue weighted by molar-refractivity contribution is 5.87. The van der Waals surface area contributed by atoms with Crippen molar-refractivity contribution in [3.05, 3.63) is 35.9 Å². The van der Waals surface area contributed by atoms with Crippen LogP contribution in [0.4, 0.5) is 9.59 Å². The third-order valence-corrected chi connectivity index (χ3v) is 2.77. The normalized spacial score (nSPS) is 12.8. The van der Waals surface area contributed by atoms with E-state index in [0.717, 1.165) is 0 Å². The Hall–Kier alpha value is -2.77. The number of carboxylic acid groups (broad SMARTS) is 1. The number of carboxylic acids is 1. The lowest BCUT2D eigenvalue weighted by molar-refractivity contribution is -0.144. The number of urea groups is 1. The number of amides is 3. The summed E-state index contributed by atoms with van der Waals surface area (Å²) in [5.74, 6) is -1.20. The third-order valence-electron chi connectivity index (χ3n) is 2.77. The van der Waals surface area contributed by atoms with Gasteiger partial charge in [-0.05, 0) is 12.5 Å². The largest absolute Gasteiger partial charge is 0.479 e. The molecular formula is C13H17N3O5. The number of benzene rings is 1. The number of rotatable bonds is 6. The van der Waals surface area contributed by atoms with Crippen LogP contribution in [0.1, 0.15) is 12.5 Å². The third kappa shape index (κ3) is 4.68. The van der Waals surface area contributed by atoms with Gasteiger partial charge in [0.2, 0.25) is 0 Å². The molecule has 3 amide bonds. The number of primary amides is 1. The summed E-state index contributed by atoms with van der Waals surface area (Å²) in [5, 5.41) is 14.1. The monoisotopic (exact) mass is 295 g/mol. The molecule has 1 unspecified atom stereocenters. The van der Waals surface area contributed by atoms with Crippen molar-refractivity contribution in [2.75, 3.05) is 13.2 Å². The minimum atomic E-state index is -1.57. The highest BCUT2D eigenvalue weighted by Crippen LogP contribution is 2.20. The van der Waals surface area contributed by atoms with Crippen molar-refractivity contribution >= 4 is 18.1 Å². The molecule has 0 aliphatic rings. The van der Waals surface area contributed by atoms with E-state index in [0.29, 0.717) is 5.56 Å². The molecule has 0 spiro atoms. The predicted octanol–water partition coefficient (Wildman–Crippen LogP) is 0.381. The van der Waals surface area contributed by atoms with Crippen LogP contribution in [0.2, 0.25) is 0 Å². The van der Waals surface area contributed by atoms with Gasteiger partial charge in [0, 0.05) is 0 Å². The van der Waals surface area contributed by atoms with Gasteiger partial charge in [-0.25, -0.2) is 14.4 Å². The van der Waals surface area contributed by atoms with E-state index in [1.807, 2.05) is 0 Å². The van der Waals surface area contributed by atoms with E-state index < -0.39 is 23.6 Å². The maximum Gasteiger partial charge on any atom is 0.404 e. The number of carbonyl (C=O) groups is 3. The molecule has 0 aromatic heterocycles. The van der Waals surface area contributed by atoms with Crippen LogP contribution >= 0.6 is 0 Å². The van der Waals surface area contributed by atoms with Gasteiger partial charge in [-0.1, -0.05) is 30.3 Å². The molecule has 8 heteroatoms. The molecular weight excluding hydrogens is 278 g/mol. The first-order valence-corrected chi connectivity index (χ1v) is 6.13. The fraction of sp³-hybridized carbons (Fsp3) is 0.308. The Morgan fingerprint density at radius 3 is 2.43 bits per heavy atom. The second-order valence-corrected chi connectivity index (χ2v) is 4.34. The van der Waals surface area contributed by atoms with Crippen LogP contribution in [-0.2, 0) is 15.1 Å². The lowest BCUT2D eigenvalue weighted by atomic mass is 9.92. The van der Waals surface area contributed by atoms with Gasteiger partial charge >= 0.3 is 18.1 Å². The van der Waals surface area contributed by atoms with E-state index in [1.54, 1.807) is 30.3 Å². The molecule has 1 atom stereocenters. The SMILES string of the molecule is CC(NC(=O)NCCOC(N)=O)(C(=O)O)c1ccccc1. The summed E-state index contributed by atoms with van der Waals surface area (Å²) in [6, 6.07) is 7.60. The summed E-state index contributed by atoms with van der Waals surface area (Å²) in [7, 11) is 0. The van der Waals surface area contributed by atoms with Crippen LogP contribution in [0.3, 0.4) is 0 Å². The fourth-order valence-corrected chi connectivity index (χ4v) is 1.61. The number of ether oxygens (including phenoxy) is 1. The molecule has 0 heterocycles. The van der Waals surface area contributed by atoms with E-state index in [2.05, 4.69) is 15.4 Å². The molecule has 0 aliphatic carbocycles. The van der Waals surface area contributed by atoms with Gasteiger partial charge in [0.15, 0.2) is 5.54 Å². The van der Waals surface area contributed by atoms with Crippen molar-refractivity contribution in [1.29, 1.82) is 0 Å².